The molecule has 4 aromatic rings. The standard InChI is InChI=1S/C30H24N2O4/c1-4-16-31-23-13-9-8-12-22(23)30(29(31)35)25-26(33)21-17-18(2)14-15-24(21)36-27(25)28(34)32(30)19(3)20-10-6-5-7-11-20/h4-15,17,19H,1,16H2,2-3H3. The molecule has 1 aromatic heterocycles. The minimum Gasteiger partial charge on any atom is -0.450 e. The monoisotopic (exact) mass is 476 g/mol. The van der Waals surface area contributed by atoms with Crippen LogP contribution < -0.4 is 10.3 Å². The normalized spacial score (nSPS) is 19.2. The van der Waals surface area contributed by atoms with Gasteiger partial charge in [0.2, 0.25) is 5.76 Å². The Labute approximate surface area is 208 Å². The summed E-state index contributed by atoms with van der Waals surface area (Å²) in [7, 11) is 0. The number of benzene rings is 3. The average Bonchev–Trinajstić information content (AvgIpc) is 3.29. The third-order valence-corrected chi connectivity index (χ3v) is 7.30. The molecule has 0 saturated heterocycles. The largest absolute Gasteiger partial charge is 0.450 e. The fraction of sp³-hybridized carbons (Fsp3) is 0.167. The summed E-state index contributed by atoms with van der Waals surface area (Å²) in [4.78, 5) is 45.9. The fourth-order valence-electron chi connectivity index (χ4n) is 5.74. The zero-order valence-electron chi connectivity index (χ0n) is 20.0. The van der Waals surface area contributed by atoms with E-state index in [4.69, 9.17) is 4.42 Å². The molecule has 178 valence electrons. The Morgan fingerprint density at radius 3 is 2.47 bits per heavy atom. The number of carbonyl (C=O) groups is 2. The van der Waals surface area contributed by atoms with Crippen molar-refractivity contribution >= 4 is 28.5 Å². The number of nitrogens with zero attached hydrogens (tertiary/aromatic N) is 2. The van der Waals surface area contributed by atoms with Crippen LogP contribution in [0.1, 0.15) is 45.8 Å². The van der Waals surface area contributed by atoms with Crippen LogP contribution in [0.25, 0.3) is 11.0 Å². The van der Waals surface area contributed by atoms with Gasteiger partial charge < -0.3 is 14.2 Å². The Morgan fingerprint density at radius 1 is 1.00 bits per heavy atom. The molecule has 0 radical (unpaired) electrons. The lowest BCUT2D eigenvalue weighted by Gasteiger charge is -2.38. The van der Waals surface area contributed by atoms with E-state index >= 15 is 0 Å². The maximum absolute atomic E-state index is 14.5. The lowest BCUT2D eigenvalue weighted by atomic mass is 9.82. The molecule has 2 atom stereocenters. The van der Waals surface area contributed by atoms with E-state index in [1.54, 1.807) is 23.1 Å². The molecule has 1 spiro atoms. The highest BCUT2D eigenvalue weighted by Crippen LogP contribution is 2.55. The van der Waals surface area contributed by atoms with Crippen LogP contribution in [-0.4, -0.2) is 23.3 Å². The Kier molecular flexibility index (Phi) is 4.76. The summed E-state index contributed by atoms with van der Waals surface area (Å²) in [5.74, 6) is -0.926. The highest BCUT2D eigenvalue weighted by Gasteiger charge is 2.66. The number of anilines is 1. The topological polar surface area (TPSA) is 70.8 Å². The molecular formula is C30H24N2O4. The Hall–Kier alpha value is -4.45. The SMILES string of the molecule is C=CCN1C(=O)C2(c3ccccc31)c1c(oc3ccc(C)cc3c1=O)C(=O)N2C(C)c1ccccc1. The van der Waals surface area contributed by atoms with Crippen LogP contribution in [0.15, 0.2) is 94.7 Å². The van der Waals surface area contributed by atoms with Crippen LogP contribution in [0.5, 0.6) is 0 Å². The first-order valence-electron chi connectivity index (χ1n) is 11.9. The molecule has 2 aliphatic rings. The summed E-state index contributed by atoms with van der Waals surface area (Å²) in [5, 5.41) is 0.350. The van der Waals surface area contributed by atoms with Crippen molar-refractivity contribution in [1.82, 2.24) is 4.90 Å². The Morgan fingerprint density at radius 2 is 1.72 bits per heavy atom. The minimum absolute atomic E-state index is 0.0808. The molecular weight excluding hydrogens is 452 g/mol. The van der Waals surface area contributed by atoms with Crippen molar-refractivity contribution in [1.29, 1.82) is 0 Å². The van der Waals surface area contributed by atoms with Gasteiger partial charge in [-0.3, -0.25) is 14.4 Å². The summed E-state index contributed by atoms with van der Waals surface area (Å²) in [6.07, 6.45) is 1.64. The van der Waals surface area contributed by atoms with E-state index in [2.05, 4.69) is 6.58 Å². The zero-order chi connectivity index (χ0) is 25.2. The molecule has 0 fully saturated rings. The fourth-order valence-corrected chi connectivity index (χ4v) is 5.74. The number of carbonyl (C=O) groups excluding carboxylic acids is 2. The first-order valence-corrected chi connectivity index (χ1v) is 11.9. The maximum atomic E-state index is 14.5. The van der Waals surface area contributed by atoms with E-state index in [1.165, 1.54) is 4.90 Å². The van der Waals surface area contributed by atoms with Gasteiger partial charge in [0, 0.05) is 12.1 Å². The Balaban J connectivity index is 1.75. The lowest BCUT2D eigenvalue weighted by molar-refractivity contribution is -0.126. The van der Waals surface area contributed by atoms with Crippen molar-refractivity contribution in [3.8, 4) is 0 Å². The number of amides is 2. The van der Waals surface area contributed by atoms with E-state index in [0.29, 0.717) is 22.2 Å². The first kappa shape index (κ1) is 22.0. The molecule has 0 aliphatic carbocycles. The van der Waals surface area contributed by atoms with Crippen LogP contribution in [0.4, 0.5) is 5.69 Å². The molecule has 36 heavy (non-hydrogen) atoms. The third-order valence-electron chi connectivity index (χ3n) is 7.30. The van der Waals surface area contributed by atoms with E-state index in [0.717, 1.165) is 11.1 Å². The van der Waals surface area contributed by atoms with Gasteiger partial charge in [-0.25, -0.2) is 0 Å². The van der Waals surface area contributed by atoms with Gasteiger partial charge in [0.05, 0.1) is 22.7 Å². The van der Waals surface area contributed by atoms with Crippen molar-refractivity contribution in [3.05, 3.63) is 124 Å². The van der Waals surface area contributed by atoms with Gasteiger partial charge in [0.15, 0.2) is 11.0 Å². The van der Waals surface area contributed by atoms with Crippen molar-refractivity contribution in [2.75, 3.05) is 11.4 Å². The maximum Gasteiger partial charge on any atom is 0.292 e. The lowest BCUT2D eigenvalue weighted by Crippen LogP contribution is -2.54. The smallest absolute Gasteiger partial charge is 0.292 e. The van der Waals surface area contributed by atoms with Gasteiger partial charge in [0.25, 0.3) is 11.8 Å². The van der Waals surface area contributed by atoms with Crippen LogP contribution in [-0.2, 0) is 10.3 Å². The number of aryl methyl sites for hydroxylation is 1. The average molecular weight is 477 g/mol. The minimum atomic E-state index is -1.65. The molecule has 0 bridgehead atoms. The molecule has 0 N–H and O–H groups in total. The van der Waals surface area contributed by atoms with Gasteiger partial charge in [-0.2, -0.15) is 0 Å². The summed E-state index contributed by atoms with van der Waals surface area (Å²) < 4.78 is 6.13. The predicted octanol–water partition coefficient (Wildman–Crippen LogP) is 5.09. The number of para-hydroxylation sites is 1. The van der Waals surface area contributed by atoms with Crippen LogP contribution >= 0.6 is 0 Å². The van der Waals surface area contributed by atoms with Crippen molar-refractivity contribution in [2.45, 2.75) is 25.4 Å². The quantitative estimate of drug-likeness (QED) is 0.385. The van der Waals surface area contributed by atoms with Crippen LogP contribution in [0.2, 0.25) is 0 Å². The molecule has 3 aromatic carbocycles. The number of fused-ring (bicyclic) bond motifs is 5. The highest BCUT2D eigenvalue weighted by atomic mass is 16.3. The molecule has 2 aliphatic heterocycles. The van der Waals surface area contributed by atoms with Crippen molar-refractivity contribution in [2.24, 2.45) is 0 Å². The molecule has 6 nitrogen and oxygen atoms in total. The van der Waals surface area contributed by atoms with Crippen LogP contribution in [0, 0.1) is 6.92 Å². The number of hydrogen-bond acceptors (Lipinski definition) is 4. The molecule has 3 heterocycles. The van der Waals surface area contributed by atoms with E-state index < -0.39 is 17.5 Å². The predicted molar refractivity (Wildman–Crippen MR) is 138 cm³/mol. The van der Waals surface area contributed by atoms with Crippen molar-refractivity contribution < 1.29 is 14.0 Å². The molecule has 6 rings (SSSR count). The second-order valence-corrected chi connectivity index (χ2v) is 9.33. The number of rotatable bonds is 4. The van der Waals surface area contributed by atoms with E-state index in [1.807, 2.05) is 74.5 Å². The van der Waals surface area contributed by atoms with Gasteiger partial charge in [-0.05, 0) is 37.6 Å². The van der Waals surface area contributed by atoms with E-state index in [-0.39, 0.29) is 29.2 Å². The summed E-state index contributed by atoms with van der Waals surface area (Å²) in [5.41, 5.74) is 1.35. The van der Waals surface area contributed by atoms with Gasteiger partial charge >= 0.3 is 0 Å². The second-order valence-electron chi connectivity index (χ2n) is 9.33. The molecule has 2 amide bonds. The van der Waals surface area contributed by atoms with Crippen molar-refractivity contribution in [3.63, 3.8) is 0 Å². The molecule has 2 unspecified atom stereocenters. The van der Waals surface area contributed by atoms with Crippen LogP contribution in [0.3, 0.4) is 0 Å². The summed E-state index contributed by atoms with van der Waals surface area (Å²) in [6, 6.07) is 21.6. The number of hydrogen-bond donors (Lipinski definition) is 0. The Bertz CT molecular complexity index is 1640. The first-order chi connectivity index (χ1) is 17.4. The zero-order valence-corrected chi connectivity index (χ0v) is 20.0. The molecule has 6 heteroatoms. The highest BCUT2D eigenvalue weighted by molar-refractivity contribution is 6.17. The summed E-state index contributed by atoms with van der Waals surface area (Å²) >= 11 is 0. The molecule has 0 saturated carbocycles. The second kappa shape index (κ2) is 7.78. The van der Waals surface area contributed by atoms with E-state index in [9.17, 15) is 14.4 Å². The van der Waals surface area contributed by atoms with Gasteiger partial charge in [-0.15, -0.1) is 6.58 Å². The summed E-state index contributed by atoms with van der Waals surface area (Å²) in [6.45, 7) is 7.83. The third kappa shape index (κ3) is 2.69. The van der Waals surface area contributed by atoms with Gasteiger partial charge in [-0.1, -0.05) is 66.2 Å². The van der Waals surface area contributed by atoms with Gasteiger partial charge in [0.1, 0.15) is 5.58 Å².